The Morgan fingerprint density at radius 1 is 1.17 bits per heavy atom. The van der Waals surface area contributed by atoms with Crippen LogP contribution in [0.4, 0.5) is 0 Å². The van der Waals surface area contributed by atoms with Crippen LogP contribution in [0.2, 0.25) is 0 Å². The van der Waals surface area contributed by atoms with E-state index in [9.17, 15) is 10.2 Å². The van der Waals surface area contributed by atoms with Gasteiger partial charge in [-0.15, -0.1) is 0 Å². The molecule has 4 N–H and O–H groups in total. The molecule has 0 radical (unpaired) electrons. The molecule has 3 nitrogen and oxygen atoms in total. The van der Waals surface area contributed by atoms with E-state index in [2.05, 4.69) is 12.2 Å². The molecule has 3 saturated carbocycles. The van der Waals surface area contributed by atoms with E-state index in [0.29, 0.717) is 17.8 Å². The number of fused-ring (bicyclic) bond motifs is 1. The number of nitrogens with two attached hydrogens (primary N) is 1. The fourth-order valence-corrected chi connectivity index (χ4v) is 5.23. The largest absolute Gasteiger partial charge is 0.392 e. The Balaban J connectivity index is 1.54. The molecule has 0 aliphatic heterocycles. The predicted octanol–water partition coefficient (Wildman–Crippen LogP) is 3.56. The average Bonchev–Trinajstić information content (AvgIpc) is 3.26. The lowest BCUT2D eigenvalue weighted by molar-refractivity contribution is 0.135. The highest BCUT2D eigenvalue weighted by Crippen LogP contribution is 2.50. The monoisotopic (exact) mass is 333 g/mol. The third kappa shape index (κ3) is 4.30. The van der Waals surface area contributed by atoms with Gasteiger partial charge >= 0.3 is 0 Å². The second kappa shape index (κ2) is 8.64. The Kier molecular flexibility index (Phi) is 6.54. The van der Waals surface area contributed by atoms with E-state index in [0.717, 1.165) is 45.1 Å². The highest BCUT2D eigenvalue weighted by molar-refractivity contribution is 5.18. The first-order valence-corrected chi connectivity index (χ1v) is 10.1. The summed E-state index contributed by atoms with van der Waals surface area (Å²) in [6, 6.07) is 0. The summed E-state index contributed by atoms with van der Waals surface area (Å²) in [6.45, 7) is 0.788. The number of hydrogen-bond acceptors (Lipinski definition) is 3. The zero-order valence-corrected chi connectivity index (χ0v) is 14.9. The first kappa shape index (κ1) is 18.2. The van der Waals surface area contributed by atoms with E-state index in [4.69, 9.17) is 5.73 Å². The molecule has 0 bridgehead atoms. The molecule has 0 aromatic carbocycles. The molecule has 3 aliphatic rings. The molecular weight excluding hydrogens is 298 g/mol. The second-order valence-corrected chi connectivity index (χ2v) is 8.28. The molecule has 3 aliphatic carbocycles. The quantitative estimate of drug-likeness (QED) is 0.493. The fraction of sp³-hybridized carbons (Fsp3) is 0.810. The van der Waals surface area contributed by atoms with E-state index in [-0.39, 0.29) is 18.1 Å². The number of allylic oxidation sites excluding steroid dienone is 2. The molecule has 136 valence electrons. The summed E-state index contributed by atoms with van der Waals surface area (Å²) in [6.07, 6.45) is 17.5. The van der Waals surface area contributed by atoms with Gasteiger partial charge in [-0.1, -0.05) is 36.6 Å². The van der Waals surface area contributed by atoms with Crippen molar-refractivity contribution in [1.82, 2.24) is 0 Å². The third-order valence-corrected chi connectivity index (χ3v) is 6.62. The van der Waals surface area contributed by atoms with Crippen LogP contribution in [0.3, 0.4) is 0 Å². The first-order valence-electron chi connectivity index (χ1n) is 10.1. The molecule has 3 rings (SSSR count). The zero-order valence-electron chi connectivity index (χ0n) is 14.9. The molecule has 0 aromatic heterocycles. The van der Waals surface area contributed by atoms with Gasteiger partial charge in [0.1, 0.15) is 0 Å². The molecule has 0 amide bonds. The Hall–Kier alpha value is -0.640. The summed E-state index contributed by atoms with van der Waals surface area (Å²) < 4.78 is 0. The van der Waals surface area contributed by atoms with Gasteiger partial charge in [0.25, 0.3) is 0 Å². The van der Waals surface area contributed by atoms with Crippen molar-refractivity contribution in [1.29, 1.82) is 0 Å². The predicted molar refractivity (Wildman–Crippen MR) is 98.4 cm³/mol. The highest BCUT2D eigenvalue weighted by atomic mass is 16.3. The molecule has 24 heavy (non-hydrogen) atoms. The number of unbranched alkanes of at least 4 members (excludes halogenated alkanes) is 2. The molecule has 0 saturated heterocycles. The van der Waals surface area contributed by atoms with Crippen LogP contribution in [-0.2, 0) is 0 Å². The van der Waals surface area contributed by atoms with E-state index < -0.39 is 0 Å². The van der Waals surface area contributed by atoms with Crippen molar-refractivity contribution in [3.8, 4) is 0 Å². The molecule has 0 aromatic rings. The standard InChI is InChI=1S/C21H35NO2/c22-11-5-1-2-6-15-12-17-14-21(24)18(19(17)13-15)9-10-20(23)16-7-3-4-8-16/h6,9-10,16-21,23-24H,1-5,7-8,11-14,22H2/t17-,18+,19-,20+,21+/m0/s1. The number of hydrogen-bond donors (Lipinski definition) is 3. The van der Waals surface area contributed by atoms with Crippen molar-refractivity contribution < 1.29 is 10.2 Å². The molecule has 5 atom stereocenters. The van der Waals surface area contributed by atoms with Crippen molar-refractivity contribution in [2.45, 2.75) is 76.4 Å². The maximum Gasteiger partial charge on any atom is 0.0749 e. The molecule has 0 unspecified atom stereocenters. The smallest absolute Gasteiger partial charge is 0.0749 e. The van der Waals surface area contributed by atoms with Crippen LogP contribution in [0.25, 0.3) is 0 Å². The van der Waals surface area contributed by atoms with Gasteiger partial charge in [0, 0.05) is 5.92 Å². The Labute approximate surface area is 147 Å². The normalized spacial score (nSPS) is 36.9. The van der Waals surface area contributed by atoms with Gasteiger partial charge in [-0.05, 0) is 75.7 Å². The van der Waals surface area contributed by atoms with Crippen LogP contribution in [-0.4, -0.2) is 29.0 Å². The van der Waals surface area contributed by atoms with Gasteiger partial charge in [0.15, 0.2) is 0 Å². The molecule has 0 heterocycles. The van der Waals surface area contributed by atoms with Crippen LogP contribution in [0, 0.1) is 23.7 Å². The van der Waals surface area contributed by atoms with E-state index in [1.54, 1.807) is 5.57 Å². The Morgan fingerprint density at radius 2 is 1.96 bits per heavy atom. The number of rotatable bonds is 7. The summed E-state index contributed by atoms with van der Waals surface area (Å²) in [5.41, 5.74) is 7.14. The summed E-state index contributed by atoms with van der Waals surface area (Å²) in [5, 5.41) is 20.8. The minimum Gasteiger partial charge on any atom is -0.392 e. The van der Waals surface area contributed by atoms with Gasteiger partial charge < -0.3 is 15.9 Å². The molecular formula is C21H35NO2. The van der Waals surface area contributed by atoms with Gasteiger partial charge in [-0.25, -0.2) is 0 Å². The summed E-state index contributed by atoms with van der Waals surface area (Å²) in [5.74, 6) is 1.89. The van der Waals surface area contributed by atoms with Crippen LogP contribution in [0.5, 0.6) is 0 Å². The summed E-state index contributed by atoms with van der Waals surface area (Å²) in [7, 11) is 0. The van der Waals surface area contributed by atoms with Gasteiger partial charge in [0.2, 0.25) is 0 Å². The van der Waals surface area contributed by atoms with Gasteiger partial charge in [0.05, 0.1) is 12.2 Å². The highest BCUT2D eigenvalue weighted by Gasteiger charge is 2.45. The second-order valence-electron chi connectivity index (χ2n) is 8.28. The third-order valence-electron chi connectivity index (χ3n) is 6.62. The average molecular weight is 334 g/mol. The van der Waals surface area contributed by atoms with E-state index in [1.807, 2.05) is 6.08 Å². The minimum atomic E-state index is -0.313. The Bertz CT molecular complexity index is 453. The van der Waals surface area contributed by atoms with Crippen molar-refractivity contribution in [2.24, 2.45) is 29.4 Å². The number of aliphatic hydroxyl groups excluding tert-OH is 2. The number of aliphatic hydroxyl groups is 2. The van der Waals surface area contributed by atoms with Gasteiger partial charge in [-0.3, -0.25) is 0 Å². The van der Waals surface area contributed by atoms with Crippen LogP contribution in [0.15, 0.2) is 23.8 Å². The molecule has 3 heteroatoms. The maximum absolute atomic E-state index is 10.4. The first-order chi connectivity index (χ1) is 11.7. The van der Waals surface area contributed by atoms with E-state index >= 15 is 0 Å². The molecule has 3 fully saturated rings. The lowest BCUT2D eigenvalue weighted by Crippen LogP contribution is -2.19. The zero-order chi connectivity index (χ0) is 16.9. The van der Waals surface area contributed by atoms with Crippen LogP contribution < -0.4 is 5.73 Å². The lowest BCUT2D eigenvalue weighted by atomic mass is 9.89. The van der Waals surface area contributed by atoms with Crippen LogP contribution in [0.1, 0.15) is 64.2 Å². The Morgan fingerprint density at radius 3 is 2.71 bits per heavy atom. The topological polar surface area (TPSA) is 66.5 Å². The minimum absolute atomic E-state index is 0.217. The summed E-state index contributed by atoms with van der Waals surface area (Å²) in [4.78, 5) is 0. The summed E-state index contributed by atoms with van der Waals surface area (Å²) >= 11 is 0. The van der Waals surface area contributed by atoms with E-state index in [1.165, 1.54) is 25.7 Å². The van der Waals surface area contributed by atoms with Crippen molar-refractivity contribution >= 4 is 0 Å². The molecule has 0 spiro atoms. The van der Waals surface area contributed by atoms with Crippen LogP contribution >= 0.6 is 0 Å². The van der Waals surface area contributed by atoms with Gasteiger partial charge in [-0.2, -0.15) is 0 Å². The van der Waals surface area contributed by atoms with Crippen molar-refractivity contribution in [3.63, 3.8) is 0 Å². The SMILES string of the molecule is NCCCCC=C1C[C@H]2C[C@@H](O)[C@H](C=C[C@@H](O)C3CCCC3)[C@H]2C1. The lowest BCUT2D eigenvalue weighted by Gasteiger charge is -2.19. The van der Waals surface area contributed by atoms with Crippen molar-refractivity contribution in [2.75, 3.05) is 6.54 Å². The fourth-order valence-electron chi connectivity index (χ4n) is 5.23. The van der Waals surface area contributed by atoms with Crippen molar-refractivity contribution in [3.05, 3.63) is 23.8 Å². The maximum atomic E-state index is 10.4.